The topological polar surface area (TPSA) is 83.8 Å². The number of aromatic hydroxyl groups is 1. The molecular weight excluding hydrogens is 200 g/mol. The summed E-state index contributed by atoms with van der Waals surface area (Å²) < 4.78 is 4.79. The highest BCUT2D eigenvalue weighted by molar-refractivity contribution is 5.94. The Morgan fingerprint density at radius 3 is 2.60 bits per heavy atom. The first kappa shape index (κ1) is 11.0. The minimum atomic E-state index is -1.15. The summed E-state index contributed by atoms with van der Waals surface area (Å²) in [5.41, 5.74) is 0.355. The van der Waals surface area contributed by atoms with Crippen LogP contribution in [0, 0.1) is 0 Å². The number of hydrogen-bond acceptors (Lipinski definition) is 4. The van der Waals surface area contributed by atoms with E-state index in [2.05, 4.69) is 0 Å². The minimum absolute atomic E-state index is 0.00917. The van der Waals surface area contributed by atoms with Crippen molar-refractivity contribution in [1.82, 2.24) is 0 Å². The van der Waals surface area contributed by atoms with Gasteiger partial charge in [-0.2, -0.15) is 0 Å². The van der Waals surface area contributed by atoms with Crippen molar-refractivity contribution in [3.8, 4) is 11.5 Å². The van der Waals surface area contributed by atoms with Gasteiger partial charge < -0.3 is 14.9 Å². The summed E-state index contributed by atoms with van der Waals surface area (Å²) in [5.74, 6) is -1.54. The quantitative estimate of drug-likeness (QED) is 0.726. The summed E-state index contributed by atoms with van der Waals surface area (Å²) in [5, 5.41) is 17.7. The van der Waals surface area contributed by atoms with E-state index in [0.717, 1.165) is 0 Å². The number of carboxylic acids is 1. The Hall–Kier alpha value is -2.04. The number of Topliss-reactive ketones (excluding diaryl/α,β-unsaturated/α-hetero) is 1. The molecule has 1 aromatic carbocycles. The molecule has 0 fully saturated rings. The second-order valence-corrected chi connectivity index (χ2v) is 2.92. The van der Waals surface area contributed by atoms with Crippen LogP contribution in [0.3, 0.4) is 0 Å². The number of rotatable bonds is 4. The predicted molar refractivity (Wildman–Crippen MR) is 51.2 cm³/mol. The van der Waals surface area contributed by atoms with Crippen LogP contribution in [0.2, 0.25) is 0 Å². The molecule has 0 spiro atoms. The zero-order valence-corrected chi connectivity index (χ0v) is 8.06. The molecule has 0 unspecified atom stereocenters. The molecule has 0 saturated carbocycles. The summed E-state index contributed by atoms with van der Waals surface area (Å²) in [6.45, 7) is 0.808. The molecule has 15 heavy (non-hydrogen) atoms. The van der Waals surface area contributed by atoms with Crippen LogP contribution in [0.4, 0.5) is 0 Å². The van der Waals surface area contributed by atoms with E-state index < -0.39 is 12.6 Å². The highest BCUT2D eigenvalue weighted by Gasteiger charge is 2.08. The highest BCUT2D eigenvalue weighted by Crippen LogP contribution is 2.26. The van der Waals surface area contributed by atoms with Crippen molar-refractivity contribution < 1.29 is 24.5 Å². The molecule has 0 aromatic heterocycles. The van der Waals surface area contributed by atoms with Crippen molar-refractivity contribution in [1.29, 1.82) is 0 Å². The van der Waals surface area contributed by atoms with Crippen LogP contribution in [0.25, 0.3) is 0 Å². The first-order valence-corrected chi connectivity index (χ1v) is 4.19. The van der Waals surface area contributed by atoms with Gasteiger partial charge in [-0.15, -0.1) is 0 Å². The fourth-order valence-electron chi connectivity index (χ4n) is 0.988. The van der Waals surface area contributed by atoms with Gasteiger partial charge in [0.1, 0.15) is 0 Å². The Balaban J connectivity index is 2.90. The lowest BCUT2D eigenvalue weighted by Gasteiger charge is -2.06. The van der Waals surface area contributed by atoms with E-state index in [-0.39, 0.29) is 17.3 Å². The van der Waals surface area contributed by atoms with Crippen LogP contribution < -0.4 is 4.74 Å². The molecule has 0 saturated heterocycles. The molecule has 1 rings (SSSR count). The number of benzene rings is 1. The Morgan fingerprint density at radius 2 is 2.07 bits per heavy atom. The molecule has 0 bridgehead atoms. The van der Waals surface area contributed by atoms with Crippen molar-refractivity contribution in [3.63, 3.8) is 0 Å². The molecule has 0 radical (unpaired) electrons. The van der Waals surface area contributed by atoms with E-state index in [0.29, 0.717) is 5.56 Å². The lowest BCUT2D eigenvalue weighted by Crippen LogP contribution is -2.09. The van der Waals surface area contributed by atoms with Gasteiger partial charge in [-0.25, -0.2) is 4.79 Å². The molecule has 0 atom stereocenters. The third-order valence-corrected chi connectivity index (χ3v) is 1.72. The molecule has 0 amide bonds. The van der Waals surface area contributed by atoms with Gasteiger partial charge in [0, 0.05) is 5.56 Å². The van der Waals surface area contributed by atoms with Crippen molar-refractivity contribution in [3.05, 3.63) is 23.8 Å². The van der Waals surface area contributed by atoms with Gasteiger partial charge in [0.2, 0.25) is 0 Å². The highest BCUT2D eigenvalue weighted by atomic mass is 16.5. The fraction of sp³-hybridized carbons (Fsp3) is 0.200. The second kappa shape index (κ2) is 4.45. The minimum Gasteiger partial charge on any atom is -0.504 e. The zero-order chi connectivity index (χ0) is 11.4. The molecule has 0 heterocycles. The number of carbonyl (C=O) groups excluding carboxylic acids is 1. The number of ketones is 1. The van der Waals surface area contributed by atoms with Gasteiger partial charge in [0.05, 0.1) is 0 Å². The molecular formula is C10H10O5. The largest absolute Gasteiger partial charge is 0.504 e. The van der Waals surface area contributed by atoms with Gasteiger partial charge in [0.25, 0.3) is 0 Å². The van der Waals surface area contributed by atoms with Gasteiger partial charge in [-0.3, -0.25) is 4.79 Å². The van der Waals surface area contributed by atoms with Gasteiger partial charge in [0.15, 0.2) is 23.9 Å². The predicted octanol–water partition coefficient (Wildman–Crippen LogP) is 1.06. The maximum absolute atomic E-state index is 11.0. The number of phenolic OH excluding ortho intramolecular Hbond substituents is 1. The average Bonchev–Trinajstić information content (AvgIpc) is 2.16. The van der Waals surface area contributed by atoms with Crippen molar-refractivity contribution in [2.45, 2.75) is 6.92 Å². The number of hydrogen-bond donors (Lipinski definition) is 2. The summed E-state index contributed by atoms with van der Waals surface area (Å²) >= 11 is 0. The molecule has 1 aromatic rings. The lowest BCUT2D eigenvalue weighted by atomic mass is 10.1. The van der Waals surface area contributed by atoms with E-state index in [9.17, 15) is 14.7 Å². The SMILES string of the molecule is CC(=O)c1ccc(O)c(OCC(=O)O)c1. The second-order valence-electron chi connectivity index (χ2n) is 2.92. The first-order chi connectivity index (χ1) is 7.00. The maximum Gasteiger partial charge on any atom is 0.341 e. The van der Waals surface area contributed by atoms with E-state index >= 15 is 0 Å². The van der Waals surface area contributed by atoms with Crippen LogP contribution >= 0.6 is 0 Å². The number of carbonyl (C=O) groups is 2. The number of carboxylic acid groups (broad SMARTS) is 1. The van der Waals surface area contributed by atoms with Gasteiger partial charge in [-0.05, 0) is 25.1 Å². The van der Waals surface area contributed by atoms with E-state index in [4.69, 9.17) is 9.84 Å². The standard InChI is InChI=1S/C10H10O5/c1-6(11)7-2-3-8(12)9(4-7)15-5-10(13)14/h2-4,12H,5H2,1H3,(H,13,14). The summed E-state index contributed by atoms with van der Waals surface area (Å²) in [6.07, 6.45) is 0. The van der Waals surface area contributed by atoms with Gasteiger partial charge in [-0.1, -0.05) is 0 Å². The normalized spacial score (nSPS) is 9.67. The van der Waals surface area contributed by atoms with Crippen LogP contribution in [0.1, 0.15) is 17.3 Å². The third kappa shape index (κ3) is 2.98. The Morgan fingerprint density at radius 1 is 1.40 bits per heavy atom. The number of aliphatic carboxylic acids is 1. The maximum atomic E-state index is 11.0. The van der Waals surface area contributed by atoms with Crippen molar-refractivity contribution in [2.24, 2.45) is 0 Å². The monoisotopic (exact) mass is 210 g/mol. The molecule has 2 N–H and O–H groups in total. The summed E-state index contributed by atoms with van der Waals surface area (Å²) in [7, 11) is 0. The summed E-state index contributed by atoms with van der Waals surface area (Å²) in [4.78, 5) is 21.2. The molecule has 5 heteroatoms. The average molecular weight is 210 g/mol. The van der Waals surface area contributed by atoms with Crippen molar-refractivity contribution in [2.75, 3.05) is 6.61 Å². The van der Waals surface area contributed by atoms with Crippen molar-refractivity contribution >= 4 is 11.8 Å². The molecule has 0 aliphatic rings. The first-order valence-electron chi connectivity index (χ1n) is 4.19. The molecule has 80 valence electrons. The smallest absolute Gasteiger partial charge is 0.341 e. The Bertz CT molecular complexity index is 397. The van der Waals surface area contributed by atoms with Crippen LogP contribution in [-0.2, 0) is 4.79 Å². The fourth-order valence-corrected chi connectivity index (χ4v) is 0.988. The van der Waals surface area contributed by atoms with Crippen LogP contribution in [0.5, 0.6) is 11.5 Å². The van der Waals surface area contributed by atoms with Gasteiger partial charge >= 0.3 is 5.97 Å². The molecule has 5 nitrogen and oxygen atoms in total. The Kier molecular flexibility index (Phi) is 3.28. The number of ether oxygens (including phenoxy) is 1. The summed E-state index contributed by atoms with van der Waals surface area (Å²) in [6, 6.07) is 4.03. The van der Waals surface area contributed by atoms with E-state index in [1.54, 1.807) is 0 Å². The van der Waals surface area contributed by atoms with Crippen LogP contribution in [0.15, 0.2) is 18.2 Å². The number of phenols is 1. The van der Waals surface area contributed by atoms with Crippen LogP contribution in [-0.4, -0.2) is 28.6 Å². The third-order valence-electron chi connectivity index (χ3n) is 1.72. The zero-order valence-electron chi connectivity index (χ0n) is 8.06. The van der Waals surface area contributed by atoms with E-state index in [1.165, 1.54) is 25.1 Å². The Labute approximate surface area is 85.9 Å². The molecule has 0 aliphatic carbocycles. The van der Waals surface area contributed by atoms with E-state index in [1.807, 2.05) is 0 Å². The lowest BCUT2D eigenvalue weighted by molar-refractivity contribution is -0.139. The molecule has 0 aliphatic heterocycles.